The van der Waals surface area contributed by atoms with E-state index >= 15 is 0 Å². The van der Waals surface area contributed by atoms with Crippen LogP contribution in [0.25, 0.3) is 0 Å². The molecule has 3 heteroatoms. The highest BCUT2D eigenvalue weighted by atomic mass is 17.2. The van der Waals surface area contributed by atoms with Crippen LogP contribution in [0.5, 0.6) is 0 Å². The topological polar surface area (TPSA) is 38.7 Å². The molecule has 0 fully saturated rings. The van der Waals surface area contributed by atoms with Gasteiger partial charge in [-0.25, -0.2) is 9.78 Å². The van der Waals surface area contributed by atoms with E-state index in [1.54, 1.807) is 0 Å². The molecule has 0 amide bonds. The molecule has 0 heterocycles. The van der Waals surface area contributed by atoms with E-state index in [0.717, 1.165) is 5.57 Å². The molecule has 0 bridgehead atoms. The second-order valence-electron chi connectivity index (χ2n) is 2.57. The van der Waals surface area contributed by atoms with Gasteiger partial charge in [-0.05, 0) is 13.3 Å². The zero-order chi connectivity index (χ0) is 8.69. The standard InChI is InChI=1S/C8H16O3/c1-4-8(9)6-11-10-5-7(2)3/h8-9H,2,4-6H2,1,3H3. The minimum atomic E-state index is -0.430. The van der Waals surface area contributed by atoms with E-state index in [0.29, 0.717) is 13.0 Å². The van der Waals surface area contributed by atoms with Crippen molar-refractivity contribution in [1.29, 1.82) is 0 Å². The van der Waals surface area contributed by atoms with E-state index in [1.807, 2.05) is 13.8 Å². The molecular formula is C8H16O3. The highest BCUT2D eigenvalue weighted by Crippen LogP contribution is 1.93. The first-order valence-electron chi connectivity index (χ1n) is 3.73. The Labute approximate surface area is 67.6 Å². The van der Waals surface area contributed by atoms with Crippen LogP contribution in [0.15, 0.2) is 12.2 Å². The van der Waals surface area contributed by atoms with Gasteiger partial charge in [0.25, 0.3) is 0 Å². The Kier molecular flexibility index (Phi) is 6.12. The highest BCUT2D eigenvalue weighted by Gasteiger charge is 1.99. The number of aliphatic hydroxyl groups is 1. The molecule has 0 radical (unpaired) electrons. The molecule has 0 aliphatic carbocycles. The number of rotatable bonds is 6. The highest BCUT2D eigenvalue weighted by molar-refractivity contribution is 4.86. The van der Waals surface area contributed by atoms with Crippen molar-refractivity contribution in [2.75, 3.05) is 13.2 Å². The van der Waals surface area contributed by atoms with Gasteiger partial charge in [-0.2, -0.15) is 0 Å². The lowest BCUT2D eigenvalue weighted by Crippen LogP contribution is -2.14. The second-order valence-corrected chi connectivity index (χ2v) is 2.57. The van der Waals surface area contributed by atoms with Gasteiger partial charge in [0.15, 0.2) is 0 Å². The summed E-state index contributed by atoms with van der Waals surface area (Å²) in [5.74, 6) is 0. The van der Waals surface area contributed by atoms with Crippen LogP contribution in [0.2, 0.25) is 0 Å². The molecule has 0 spiro atoms. The molecular weight excluding hydrogens is 144 g/mol. The fraction of sp³-hybridized carbons (Fsp3) is 0.750. The second kappa shape index (κ2) is 6.34. The van der Waals surface area contributed by atoms with Gasteiger partial charge in [0.2, 0.25) is 0 Å². The van der Waals surface area contributed by atoms with Crippen LogP contribution in [-0.4, -0.2) is 24.4 Å². The van der Waals surface area contributed by atoms with Gasteiger partial charge >= 0.3 is 0 Å². The van der Waals surface area contributed by atoms with Crippen LogP contribution in [0.3, 0.4) is 0 Å². The van der Waals surface area contributed by atoms with Gasteiger partial charge in [-0.15, -0.1) is 0 Å². The van der Waals surface area contributed by atoms with Crippen molar-refractivity contribution in [2.45, 2.75) is 26.4 Å². The van der Waals surface area contributed by atoms with Crippen molar-refractivity contribution in [1.82, 2.24) is 0 Å². The van der Waals surface area contributed by atoms with E-state index in [4.69, 9.17) is 9.99 Å². The maximum absolute atomic E-state index is 9.00. The van der Waals surface area contributed by atoms with Gasteiger partial charge in [0.1, 0.15) is 13.2 Å². The summed E-state index contributed by atoms with van der Waals surface area (Å²) in [7, 11) is 0. The van der Waals surface area contributed by atoms with E-state index in [9.17, 15) is 0 Å². The average molecular weight is 160 g/mol. The summed E-state index contributed by atoms with van der Waals surface area (Å²) >= 11 is 0. The average Bonchev–Trinajstić information content (AvgIpc) is 1.97. The summed E-state index contributed by atoms with van der Waals surface area (Å²) in [5.41, 5.74) is 0.899. The van der Waals surface area contributed by atoms with Crippen LogP contribution in [0.1, 0.15) is 20.3 Å². The Hall–Kier alpha value is -0.380. The molecule has 66 valence electrons. The zero-order valence-corrected chi connectivity index (χ0v) is 7.17. The summed E-state index contributed by atoms with van der Waals surface area (Å²) in [6.45, 7) is 7.96. The Morgan fingerprint density at radius 1 is 1.55 bits per heavy atom. The van der Waals surface area contributed by atoms with E-state index in [1.165, 1.54) is 0 Å². The predicted octanol–water partition coefficient (Wildman–Crippen LogP) is 1.28. The van der Waals surface area contributed by atoms with Crippen molar-refractivity contribution in [3.05, 3.63) is 12.2 Å². The largest absolute Gasteiger partial charge is 0.391 e. The fourth-order valence-electron chi connectivity index (χ4n) is 0.387. The van der Waals surface area contributed by atoms with Gasteiger partial charge in [-0.1, -0.05) is 19.1 Å². The molecule has 0 saturated carbocycles. The van der Waals surface area contributed by atoms with Crippen LogP contribution in [-0.2, 0) is 9.78 Å². The molecule has 0 aliphatic rings. The maximum atomic E-state index is 9.00. The fourth-order valence-corrected chi connectivity index (χ4v) is 0.387. The first-order chi connectivity index (χ1) is 5.16. The smallest absolute Gasteiger partial charge is 0.108 e. The summed E-state index contributed by atoms with van der Waals surface area (Å²) in [5, 5.41) is 9.00. The van der Waals surface area contributed by atoms with Crippen LogP contribution in [0, 0.1) is 0 Å². The normalized spacial score (nSPS) is 13.0. The third-order valence-corrected chi connectivity index (χ3v) is 1.12. The lowest BCUT2D eigenvalue weighted by Gasteiger charge is -2.07. The first kappa shape index (κ1) is 10.6. The van der Waals surface area contributed by atoms with Gasteiger partial charge < -0.3 is 5.11 Å². The maximum Gasteiger partial charge on any atom is 0.108 e. The Morgan fingerprint density at radius 3 is 2.64 bits per heavy atom. The van der Waals surface area contributed by atoms with Crippen molar-refractivity contribution in [2.24, 2.45) is 0 Å². The third kappa shape index (κ3) is 7.52. The molecule has 1 atom stereocenters. The molecule has 0 aromatic rings. The molecule has 0 aromatic carbocycles. The van der Waals surface area contributed by atoms with Crippen molar-refractivity contribution >= 4 is 0 Å². The van der Waals surface area contributed by atoms with Crippen molar-refractivity contribution in [3.63, 3.8) is 0 Å². The lowest BCUT2D eigenvalue weighted by atomic mass is 10.3. The minimum Gasteiger partial charge on any atom is -0.391 e. The van der Waals surface area contributed by atoms with Gasteiger partial charge in [-0.3, -0.25) is 0 Å². The Morgan fingerprint density at radius 2 is 2.18 bits per heavy atom. The van der Waals surface area contributed by atoms with Gasteiger partial charge in [0.05, 0.1) is 6.10 Å². The molecule has 1 N–H and O–H groups in total. The van der Waals surface area contributed by atoms with Crippen LogP contribution in [0.4, 0.5) is 0 Å². The SMILES string of the molecule is C=C(C)COOCC(O)CC. The Bertz CT molecular complexity index is 112. The quantitative estimate of drug-likeness (QED) is 0.275. The monoisotopic (exact) mass is 160 g/mol. The summed E-state index contributed by atoms with van der Waals surface area (Å²) in [4.78, 5) is 9.39. The third-order valence-electron chi connectivity index (χ3n) is 1.12. The zero-order valence-electron chi connectivity index (χ0n) is 7.17. The van der Waals surface area contributed by atoms with Crippen molar-refractivity contribution in [3.8, 4) is 0 Å². The molecule has 11 heavy (non-hydrogen) atoms. The molecule has 3 nitrogen and oxygen atoms in total. The minimum absolute atomic E-state index is 0.226. The molecule has 0 saturated heterocycles. The van der Waals surface area contributed by atoms with Gasteiger partial charge in [0, 0.05) is 0 Å². The first-order valence-corrected chi connectivity index (χ1v) is 3.73. The van der Waals surface area contributed by atoms with Crippen LogP contribution < -0.4 is 0 Å². The number of hydrogen-bond donors (Lipinski definition) is 1. The summed E-state index contributed by atoms with van der Waals surface area (Å²) in [6, 6.07) is 0. The summed E-state index contributed by atoms with van der Waals surface area (Å²) < 4.78 is 0. The van der Waals surface area contributed by atoms with E-state index < -0.39 is 6.10 Å². The predicted molar refractivity (Wildman–Crippen MR) is 43.0 cm³/mol. The molecule has 0 aliphatic heterocycles. The van der Waals surface area contributed by atoms with Crippen LogP contribution >= 0.6 is 0 Å². The summed E-state index contributed by atoms with van der Waals surface area (Å²) in [6.07, 6.45) is 0.247. The van der Waals surface area contributed by atoms with E-state index in [2.05, 4.69) is 11.5 Å². The van der Waals surface area contributed by atoms with E-state index in [-0.39, 0.29) is 6.61 Å². The Balaban J connectivity index is 3.08. The number of hydrogen-bond acceptors (Lipinski definition) is 3. The molecule has 1 unspecified atom stereocenters. The molecule has 0 rings (SSSR count). The van der Waals surface area contributed by atoms with Crippen molar-refractivity contribution < 1.29 is 14.9 Å². The molecule has 0 aromatic heterocycles. The number of aliphatic hydroxyl groups excluding tert-OH is 1. The lowest BCUT2D eigenvalue weighted by molar-refractivity contribution is -0.298.